The Hall–Kier alpha value is -2.20. The fourth-order valence-corrected chi connectivity index (χ4v) is 3.02. The summed E-state index contributed by atoms with van der Waals surface area (Å²) in [5.41, 5.74) is 4.12. The first kappa shape index (κ1) is 15.7. The summed E-state index contributed by atoms with van der Waals surface area (Å²) >= 11 is 0. The Morgan fingerprint density at radius 1 is 1.22 bits per heavy atom. The third kappa shape index (κ3) is 3.96. The van der Waals surface area contributed by atoms with Crippen LogP contribution in [0.1, 0.15) is 28.8 Å². The maximum absolute atomic E-state index is 12.3. The van der Waals surface area contributed by atoms with Gasteiger partial charge in [-0.2, -0.15) is 0 Å². The minimum atomic E-state index is 0.0153. The predicted octanol–water partition coefficient (Wildman–Crippen LogP) is 2.79. The first-order chi connectivity index (χ1) is 11.2. The molecule has 1 fully saturated rings. The van der Waals surface area contributed by atoms with Gasteiger partial charge in [0.25, 0.3) is 5.91 Å². The summed E-state index contributed by atoms with van der Waals surface area (Å²) in [6.45, 7) is 4.93. The first-order valence-corrected chi connectivity index (χ1v) is 8.24. The van der Waals surface area contributed by atoms with Crippen molar-refractivity contribution in [1.82, 2.24) is 15.6 Å². The highest BCUT2D eigenvalue weighted by atomic mass is 16.1. The predicted molar refractivity (Wildman–Crippen MR) is 92.3 cm³/mol. The fourth-order valence-electron chi connectivity index (χ4n) is 3.02. The lowest BCUT2D eigenvalue weighted by atomic mass is 9.98. The average Bonchev–Trinajstić information content (AvgIpc) is 2.61. The molecule has 3 rings (SSSR count). The van der Waals surface area contributed by atoms with Gasteiger partial charge in [-0.25, -0.2) is 0 Å². The summed E-state index contributed by atoms with van der Waals surface area (Å²) < 4.78 is 0. The third-order valence-electron chi connectivity index (χ3n) is 4.49. The van der Waals surface area contributed by atoms with Crippen LogP contribution < -0.4 is 10.6 Å². The molecular formula is C19H23N3O. The maximum Gasteiger partial charge on any atom is 0.251 e. The smallest absolute Gasteiger partial charge is 0.251 e. The Morgan fingerprint density at radius 2 is 1.96 bits per heavy atom. The van der Waals surface area contributed by atoms with E-state index in [1.807, 2.05) is 43.5 Å². The zero-order valence-corrected chi connectivity index (χ0v) is 13.5. The number of nitrogens with zero attached hydrogens (tertiary/aromatic N) is 1. The molecule has 0 spiro atoms. The average molecular weight is 309 g/mol. The van der Waals surface area contributed by atoms with Crippen molar-refractivity contribution in [2.24, 2.45) is 5.92 Å². The van der Waals surface area contributed by atoms with E-state index in [2.05, 4.69) is 15.6 Å². The number of aromatic nitrogens is 1. The van der Waals surface area contributed by atoms with Gasteiger partial charge in [-0.15, -0.1) is 0 Å². The van der Waals surface area contributed by atoms with Crippen LogP contribution in [0.25, 0.3) is 11.1 Å². The molecule has 2 aromatic rings. The Morgan fingerprint density at radius 3 is 2.65 bits per heavy atom. The molecule has 1 aromatic carbocycles. The zero-order chi connectivity index (χ0) is 16.1. The van der Waals surface area contributed by atoms with Gasteiger partial charge in [0.1, 0.15) is 0 Å². The molecule has 1 aromatic heterocycles. The standard InChI is InChI=1S/C19H23N3O/c1-14-12-21-11-8-18(14)16-2-4-17(5-3-16)19(23)22-13-15-6-9-20-10-7-15/h2-5,8,11-12,15,20H,6-7,9-10,13H2,1H3,(H,22,23). The summed E-state index contributed by atoms with van der Waals surface area (Å²) in [6.07, 6.45) is 5.93. The van der Waals surface area contributed by atoms with Crippen molar-refractivity contribution in [1.29, 1.82) is 0 Å². The van der Waals surface area contributed by atoms with Crippen LogP contribution in [0, 0.1) is 12.8 Å². The van der Waals surface area contributed by atoms with Crippen LogP contribution in [0.15, 0.2) is 42.7 Å². The van der Waals surface area contributed by atoms with E-state index in [-0.39, 0.29) is 5.91 Å². The van der Waals surface area contributed by atoms with Crippen LogP contribution in [0.3, 0.4) is 0 Å². The van der Waals surface area contributed by atoms with Crippen LogP contribution in [-0.4, -0.2) is 30.5 Å². The molecule has 4 heteroatoms. The topological polar surface area (TPSA) is 54.0 Å². The largest absolute Gasteiger partial charge is 0.352 e. The lowest BCUT2D eigenvalue weighted by molar-refractivity contribution is 0.0944. The molecule has 0 unspecified atom stereocenters. The lowest BCUT2D eigenvalue weighted by Crippen LogP contribution is -2.35. The number of nitrogens with one attached hydrogen (secondary N) is 2. The van der Waals surface area contributed by atoms with E-state index in [1.165, 1.54) is 0 Å². The van der Waals surface area contributed by atoms with E-state index in [0.717, 1.165) is 54.7 Å². The minimum absolute atomic E-state index is 0.0153. The SMILES string of the molecule is Cc1cnccc1-c1ccc(C(=O)NCC2CCNCC2)cc1. The molecule has 120 valence electrons. The van der Waals surface area contributed by atoms with E-state index < -0.39 is 0 Å². The number of piperidine rings is 1. The van der Waals surface area contributed by atoms with Crippen molar-refractivity contribution < 1.29 is 4.79 Å². The van der Waals surface area contributed by atoms with Crippen molar-refractivity contribution >= 4 is 5.91 Å². The van der Waals surface area contributed by atoms with Crippen LogP contribution in [0.2, 0.25) is 0 Å². The molecule has 23 heavy (non-hydrogen) atoms. The second-order valence-electron chi connectivity index (χ2n) is 6.17. The highest BCUT2D eigenvalue weighted by Crippen LogP contribution is 2.22. The van der Waals surface area contributed by atoms with Crippen LogP contribution >= 0.6 is 0 Å². The quantitative estimate of drug-likeness (QED) is 0.913. The molecule has 0 saturated carbocycles. The molecule has 0 bridgehead atoms. The Labute approximate surface area is 137 Å². The number of rotatable bonds is 4. The molecule has 0 aliphatic carbocycles. The number of hydrogen-bond acceptors (Lipinski definition) is 3. The highest BCUT2D eigenvalue weighted by molar-refractivity contribution is 5.94. The van der Waals surface area contributed by atoms with Crippen molar-refractivity contribution in [3.63, 3.8) is 0 Å². The van der Waals surface area contributed by atoms with Gasteiger partial charge in [0.2, 0.25) is 0 Å². The van der Waals surface area contributed by atoms with Crippen LogP contribution in [-0.2, 0) is 0 Å². The Bertz CT molecular complexity index is 661. The van der Waals surface area contributed by atoms with Gasteiger partial charge >= 0.3 is 0 Å². The molecule has 1 aliphatic rings. The van der Waals surface area contributed by atoms with Gasteiger partial charge in [-0.3, -0.25) is 9.78 Å². The monoisotopic (exact) mass is 309 g/mol. The minimum Gasteiger partial charge on any atom is -0.352 e. The zero-order valence-electron chi connectivity index (χ0n) is 13.5. The normalized spacial score (nSPS) is 15.3. The van der Waals surface area contributed by atoms with Gasteiger partial charge in [0, 0.05) is 24.5 Å². The summed E-state index contributed by atoms with van der Waals surface area (Å²) in [5.74, 6) is 0.612. The molecule has 1 saturated heterocycles. The molecule has 1 aliphatic heterocycles. The number of aryl methyl sites for hydroxylation is 1. The second kappa shape index (κ2) is 7.38. The number of amides is 1. The van der Waals surface area contributed by atoms with E-state index in [0.29, 0.717) is 5.92 Å². The van der Waals surface area contributed by atoms with Crippen molar-refractivity contribution in [2.75, 3.05) is 19.6 Å². The molecule has 0 radical (unpaired) electrons. The van der Waals surface area contributed by atoms with E-state index >= 15 is 0 Å². The number of pyridine rings is 1. The molecule has 1 amide bonds. The molecule has 2 heterocycles. The van der Waals surface area contributed by atoms with Gasteiger partial charge in [-0.1, -0.05) is 12.1 Å². The summed E-state index contributed by atoms with van der Waals surface area (Å²) in [7, 11) is 0. The van der Waals surface area contributed by atoms with Gasteiger partial charge < -0.3 is 10.6 Å². The highest BCUT2D eigenvalue weighted by Gasteiger charge is 2.14. The second-order valence-corrected chi connectivity index (χ2v) is 6.17. The molecule has 2 N–H and O–H groups in total. The van der Waals surface area contributed by atoms with E-state index in [9.17, 15) is 4.79 Å². The number of hydrogen-bond donors (Lipinski definition) is 2. The Kier molecular flexibility index (Phi) is 5.03. The summed E-state index contributed by atoms with van der Waals surface area (Å²) in [5, 5.41) is 6.41. The van der Waals surface area contributed by atoms with Gasteiger partial charge in [0.15, 0.2) is 0 Å². The summed E-state index contributed by atoms with van der Waals surface area (Å²) in [6, 6.07) is 9.80. The molecule has 0 atom stereocenters. The van der Waals surface area contributed by atoms with Gasteiger partial charge in [-0.05, 0) is 73.7 Å². The van der Waals surface area contributed by atoms with Crippen molar-refractivity contribution in [3.8, 4) is 11.1 Å². The third-order valence-corrected chi connectivity index (χ3v) is 4.49. The number of benzene rings is 1. The first-order valence-electron chi connectivity index (χ1n) is 8.24. The van der Waals surface area contributed by atoms with E-state index in [1.54, 1.807) is 6.20 Å². The lowest BCUT2D eigenvalue weighted by Gasteiger charge is -2.22. The van der Waals surface area contributed by atoms with E-state index in [4.69, 9.17) is 0 Å². The van der Waals surface area contributed by atoms with Crippen molar-refractivity contribution in [3.05, 3.63) is 53.9 Å². The number of carbonyl (C=O) groups excluding carboxylic acids is 1. The number of carbonyl (C=O) groups is 1. The van der Waals surface area contributed by atoms with Crippen LogP contribution in [0.4, 0.5) is 0 Å². The van der Waals surface area contributed by atoms with Gasteiger partial charge in [0.05, 0.1) is 0 Å². The maximum atomic E-state index is 12.3. The molecule has 4 nitrogen and oxygen atoms in total. The van der Waals surface area contributed by atoms with Crippen LogP contribution in [0.5, 0.6) is 0 Å². The van der Waals surface area contributed by atoms with Crippen molar-refractivity contribution in [2.45, 2.75) is 19.8 Å². The fraction of sp³-hybridized carbons (Fsp3) is 0.368. The molecular weight excluding hydrogens is 286 g/mol. The summed E-state index contributed by atoms with van der Waals surface area (Å²) in [4.78, 5) is 16.4. The Balaban J connectivity index is 1.62.